The second-order valence-electron chi connectivity index (χ2n) is 8.19. The number of benzene rings is 2. The molecule has 1 atom stereocenters. The number of carbonyl (C=O) groups excluding carboxylic acids is 1. The van der Waals surface area contributed by atoms with Gasteiger partial charge in [-0.15, -0.1) is 0 Å². The van der Waals surface area contributed by atoms with E-state index in [0.29, 0.717) is 6.42 Å². The van der Waals surface area contributed by atoms with E-state index >= 15 is 0 Å². The third-order valence-electron chi connectivity index (χ3n) is 6.07. The van der Waals surface area contributed by atoms with Crippen molar-refractivity contribution < 1.29 is 9.53 Å². The van der Waals surface area contributed by atoms with Gasteiger partial charge in [-0.1, -0.05) is 18.2 Å². The number of hydrogen-bond donors (Lipinski definition) is 1. The average Bonchev–Trinajstić information content (AvgIpc) is 3.02. The summed E-state index contributed by atoms with van der Waals surface area (Å²) in [6.45, 7) is 6.66. The van der Waals surface area contributed by atoms with Gasteiger partial charge in [0.15, 0.2) is 6.10 Å². The lowest BCUT2D eigenvalue weighted by atomic mass is 10.1. The highest BCUT2D eigenvalue weighted by Gasteiger charge is 2.28. The Morgan fingerprint density at radius 2 is 2.00 bits per heavy atom. The number of amides is 1. The van der Waals surface area contributed by atoms with Gasteiger partial charge < -0.3 is 19.9 Å². The Hall–Kier alpha value is -3.19. The van der Waals surface area contributed by atoms with Gasteiger partial charge in [0.2, 0.25) is 0 Å². The van der Waals surface area contributed by atoms with Crippen LogP contribution in [0.1, 0.15) is 18.7 Å². The number of rotatable bonds is 4. The van der Waals surface area contributed by atoms with Gasteiger partial charge in [0.25, 0.3) is 5.91 Å². The molecule has 2 aliphatic heterocycles. The Morgan fingerprint density at radius 1 is 1.10 bits per heavy atom. The Kier molecular flexibility index (Phi) is 5.42. The van der Waals surface area contributed by atoms with Crippen LogP contribution >= 0.6 is 0 Å². The molecule has 3 aromatic rings. The molecule has 0 bridgehead atoms. The molecule has 1 fully saturated rings. The third kappa shape index (κ3) is 4.18. The lowest BCUT2D eigenvalue weighted by molar-refractivity contribution is -0.123. The average molecular weight is 418 g/mol. The van der Waals surface area contributed by atoms with Gasteiger partial charge in [-0.2, -0.15) is 0 Å². The maximum absolute atomic E-state index is 12.4. The van der Waals surface area contributed by atoms with Crippen molar-refractivity contribution in [1.29, 1.82) is 0 Å². The van der Waals surface area contributed by atoms with E-state index in [1.165, 1.54) is 5.69 Å². The zero-order valence-corrected chi connectivity index (χ0v) is 17.8. The fourth-order valence-electron chi connectivity index (χ4n) is 4.43. The standard InChI is InChI=1S/C24H27N5O2/c1-17-25-16-18-19(26-17)7-4-8-21(18)29-12-5-11-28(14-15-29)13-10-23-24(30)27-20-6-2-3-9-22(20)31-23/h2-4,6-9,16,23H,5,10-15H2,1H3,(H,27,30). The molecule has 1 amide bonds. The molecule has 0 aliphatic carbocycles. The lowest BCUT2D eigenvalue weighted by Crippen LogP contribution is -2.40. The molecule has 31 heavy (non-hydrogen) atoms. The molecule has 1 unspecified atom stereocenters. The topological polar surface area (TPSA) is 70.6 Å². The SMILES string of the molecule is Cc1ncc2c(N3CCCN(CCC4Oc5ccccc5NC4=O)CC3)cccc2n1. The molecule has 0 radical (unpaired) electrons. The molecule has 7 nitrogen and oxygen atoms in total. The predicted molar refractivity (Wildman–Crippen MR) is 122 cm³/mol. The lowest BCUT2D eigenvalue weighted by Gasteiger charge is -2.28. The molecule has 1 saturated heterocycles. The molecular weight excluding hydrogens is 390 g/mol. The number of anilines is 2. The summed E-state index contributed by atoms with van der Waals surface area (Å²) < 4.78 is 5.95. The number of hydrogen-bond acceptors (Lipinski definition) is 6. The van der Waals surface area contributed by atoms with Crippen molar-refractivity contribution in [3.63, 3.8) is 0 Å². The van der Waals surface area contributed by atoms with Crippen LogP contribution in [0.25, 0.3) is 10.9 Å². The Labute approximate surface area is 182 Å². The van der Waals surface area contributed by atoms with Crippen molar-refractivity contribution in [3.05, 3.63) is 54.5 Å². The third-order valence-corrected chi connectivity index (χ3v) is 6.07. The first-order valence-corrected chi connectivity index (χ1v) is 10.9. The maximum atomic E-state index is 12.4. The molecule has 7 heteroatoms. The molecular formula is C24H27N5O2. The van der Waals surface area contributed by atoms with Gasteiger partial charge in [-0.3, -0.25) is 4.79 Å². The Bertz CT molecular complexity index is 1100. The van der Waals surface area contributed by atoms with Crippen LogP contribution in [0.2, 0.25) is 0 Å². The second kappa shape index (κ2) is 8.51. The normalized spacial score (nSPS) is 19.5. The van der Waals surface area contributed by atoms with E-state index in [0.717, 1.165) is 67.3 Å². The summed E-state index contributed by atoms with van der Waals surface area (Å²) in [7, 11) is 0. The predicted octanol–water partition coefficient (Wildman–Crippen LogP) is 3.24. The molecule has 0 saturated carbocycles. The maximum Gasteiger partial charge on any atom is 0.265 e. The summed E-state index contributed by atoms with van der Waals surface area (Å²) in [5, 5.41) is 4.06. The number of nitrogens with zero attached hydrogens (tertiary/aromatic N) is 4. The molecule has 0 spiro atoms. The zero-order chi connectivity index (χ0) is 21.2. The van der Waals surface area contributed by atoms with Crippen LogP contribution < -0.4 is 15.0 Å². The summed E-state index contributed by atoms with van der Waals surface area (Å²) in [6.07, 6.45) is 3.25. The van der Waals surface area contributed by atoms with Crippen molar-refractivity contribution in [1.82, 2.24) is 14.9 Å². The fourth-order valence-corrected chi connectivity index (χ4v) is 4.43. The second-order valence-corrected chi connectivity index (χ2v) is 8.19. The molecule has 1 N–H and O–H groups in total. The largest absolute Gasteiger partial charge is 0.478 e. The highest BCUT2D eigenvalue weighted by Crippen LogP contribution is 2.30. The molecule has 160 valence electrons. The zero-order valence-electron chi connectivity index (χ0n) is 17.8. The first kappa shape index (κ1) is 19.8. The highest BCUT2D eigenvalue weighted by molar-refractivity contribution is 5.97. The van der Waals surface area contributed by atoms with Crippen LogP contribution in [0.15, 0.2) is 48.7 Å². The van der Waals surface area contributed by atoms with Gasteiger partial charge in [0, 0.05) is 49.9 Å². The number of aryl methyl sites for hydroxylation is 1. The van der Waals surface area contributed by atoms with Gasteiger partial charge >= 0.3 is 0 Å². The van der Waals surface area contributed by atoms with E-state index in [1.807, 2.05) is 43.5 Å². The molecule has 2 aliphatic rings. The summed E-state index contributed by atoms with van der Waals surface area (Å²) in [5.74, 6) is 1.49. The molecule has 2 aromatic carbocycles. The van der Waals surface area contributed by atoms with Crippen LogP contribution in [0.5, 0.6) is 5.75 Å². The van der Waals surface area contributed by atoms with Gasteiger partial charge in [0.05, 0.1) is 11.2 Å². The van der Waals surface area contributed by atoms with Crippen LogP contribution in [-0.4, -0.2) is 59.6 Å². The highest BCUT2D eigenvalue weighted by atomic mass is 16.5. The Morgan fingerprint density at radius 3 is 2.94 bits per heavy atom. The van der Waals surface area contributed by atoms with Crippen molar-refractivity contribution >= 4 is 28.2 Å². The van der Waals surface area contributed by atoms with Crippen LogP contribution in [0.4, 0.5) is 11.4 Å². The smallest absolute Gasteiger partial charge is 0.265 e. The Balaban J connectivity index is 1.22. The quantitative estimate of drug-likeness (QED) is 0.703. The van der Waals surface area contributed by atoms with Crippen LogP contribution in [0, 0.1) is 6.92 Å². The van der Waals surface area contributed by atoms with Crippen molar-refractivity contribution in [3.8, 4) is 5.75 Å². The van der Waals surface area contributed by atoms with E-state index in [4.69, 9.17) is 4.74 Å². The number of aromatic nitrogens is 2. The van der Waals surface area contributed by atoms with E-state index in [-0.39, 0.29) is 5.91 Å². The van der Waals surface area contributed by atoms with Gasteiger partial charge in [-0.25, -0.2) is 9.97 Å². The minimum absolute atomic E-state index is 0.0544. The number of carbonyl (C=O) groups is 1. The van der Waals surface area contributed by atoms with Crippen molar-refractivity contribution in [2.45, 2.75) is 25.9 Å². The fraction of sp³-hybridized carbons (Fsp3) is 0.375. The monoisotopic (exact) mass is 417 g/mol. The summed E-state index contributed by atoms with van der Waals surface area (Å²) >= 11 is 0. The first-order chi connectivity index (χ1) is 15.2. The first-order valence-electron chi connectivity index (χ1n) is 10.9. The molecule has 3 heterocycles. The minimum Gasteiger partial charge on any atom is -0.478 e. The number of ether oxygens (including phenoxy) is 1. The van der Waals surface area contributed by atoms with Gasteiger partial charge in [0.1, 0.15) is 11.6 Å². The number of nitrogens with one attached hydrogen (secondary N) is 1. The summed E-state index contributed by atoms with van der Waals surface area (Å²) in [5.41, 5.74) is 2.95. The number of fused-ring (bicyclic) bond motifs is 2. The van der Waals surface area contributed by atoms with Crippen LogP contribution in [0.3, 0.4) is 0 Å². The van der Waals surface area contributed by atoms with E-state index in [2.05, 4.69) is 37.2 Å². The molecule has 5 rings (SSSR count). The minimum atomic E-state index is -0.437. The van der Waals surface area contributed by atoms with Crippen molar-refractivity contribution in [2.24, 2.45) is 0 Å². The molecule has 1 aromatic heterocycles. The summed E-state index contributed by atoms with van der Waals surface area (Å²) in [4.78, 5) is 26.3. The van der Waals surface area contributed by atoms with E-state index in [1.54, 1.807) is 0 Å². The van der Waals surface area contributed by atoms with Gasteiger partial charge in [-0.05, 0) is 44.2 Å². The summed E-state index contributed by atoms with van der Waals surface area (Å²) in [6, 6.07) is 13.9. The van der Waals surface area contributed by atoms with E-state index in [9.17, 15) is 4.79 Å². The number of para-hydroxylation sites is 2. The van der Waals surface area contributed by atoms with Crippen LogP contribution in [-0.2, 0) is 4.79 Å². The van der Waals surface area contributed by atoms with E-state index < -0.39 is 6.10 Å². The van der Waals surface area contributed by atoms with Crippen molar-refractivity contribution in [2.75, 3.05) is 42.9 Å².